The van der Waals surface area contributed by atoms with Gasteiger partial charge in [0.05, 0.1) is 24.9 Å². The zero-order chi connectivity index (χ0) is 13.0. The van der Waals surface area contributed by atoms with Gasteiger partial charge in [0.25, 0.3) is 5.91 Å². The van der Waals surface area contributed by atoms with E-state index in [9.17, 15) is 4.79 Å². The van der Waals surface area contributed by atoms with Gasteiger partial charge in [-0.2, -0.15) is 0 Å². The average Bonchev–Trinajstić information content (AvgIpc) is 2.98. The van der Waals surface area contributed by atoms with Crippen LogP contribution in [0.15, 0.2) is 6.20 Å². The largest absolute Gasteiger partial charge is 0.379 e. The highest BCUT2D eigenvalue weighted by molar-refractivity contribution is 5.92. The van der Waals surface area contributed by atoms with E-state index in [1.807, 2.05) is 0 Å². The van der Waals surface area contributed by atoms with Crippen LogP contribution in [0.2, 0.25) is 0 Å². The molecule has 3 N–H and O–H groups in total. The van der Waals surface area contributed by atoms with E-state index in [1.54, 1.807) is 18.0 Å². The van der Waals surface area contributed by atoms with E-state index in [2.05, 4.69) is 15.6 Å². The van der Waals surface area contributed by atoms with Crippen LogP contribution in [0.4, 0.5) is 0 Å². The number of hydrogen-bond acceptors (Lipinski definition) is 5. The number of methoxy groups -OCH3 is 1. The fourth-order valence-corrected chi connectivity index (χ4v) is 2.26. The van der Waals surface area contributed by atoms with Crippen LogP contribution in [0.25, 0.3) is 0 Å². The van der Waals surface area contributed by atoms with Crippen molar-refractivity contribution in [2.75, 3.05) is 13.7 Å². The first-order valence-electron chi connectivity index (χ1n) is 6.18. The van der Waals surface area contributed by atoms with Crippen LogP contribution in [-0.2, 0) is 11.3 Å². The van der Waals surface area contributed by atoms with Crippen LogP contribution in [0.1, 0.15) is 29.8 Å². The third-order valence-electron chi connectivity index (χ3n) is 3.20. The summed E-state index contributed by atoms with van der Waals surface area (Å²) in [6.07, 6.45) is 4.72. The van der Waals surface area contributed by atoms with Crippen LogP contribution in [-0.4, -0.2) is 46.7 Å². The zero-order valence-corrected chi connectivity index (χ0v) is 10.5. The summed E-state index contributed by atoms with van der Waals surface area (Å²) in [6.45, 7) is 1.03. The molecule has 2 rings (SSSR count). The third kappa shape index (κ3) is 2.85. The van der Waals surface area contributed by atoms with Crippen molar-refractivity contribution >= 4 is 5.91 Å². The quantitative estimate of drug-likeness (QED) is 0.740. The summed E-state index contributed by atoms with van der Waals surface area (Å²) < 4.78 is 6.90. The Labute approximate surface area is 106 Å². The zero-order valence-electron chi connectivity index (χ0n) is 10.5. The Hall–Kier alpha value is -1.47. The standard InChI is InChI=1S/C11H19N5O2/c1-18-10-4-2-3-8(10)13-11(17)9-7-16(6-5-12)15-14-9/h7-8,10H,2-6,12H2,1H3,(H,13,17). The molecule has 1 saturated carbocycles. The fraction of sp³-hybridized carbons (Fsp3) is 0.727. The minimum Gasteiger partial charge on any atom is -0.379 e. The lowest BCUT2D eigenvalue weighted by atomic mass is 10.2. The molecule has 2 unspecified atom stereocenters. The molecule has 100 valence electrons. The minimum absolute atomic E-state index is 0.0714. The Bertz CT molecular complexity index is 406. The number of carbonyl (C=O) groups excluding carboxylic acids is 1. The Morgan fingerprint density at radius 3 is 3.22 bits per heavy atom. The Kier molecular flexibility index (Phi) is 4.27. The second kappa shape index (κ2) is 5.92. The third-order valence-corrected chi connectivity index (χ3v) is 3.20. The lowest BCUT2D eigenvalue weighted by Gasteiger charge is -2.18. The van der Waals surface area contributed by atoms with Gasteiger partial charge < -0.3 is 15.8 Å². The summed E-state index contributed by atoms with van der Waals surface area (Å²) in [5, 5.41) is 10.6. The molecule has 7 heteroatoms. The lowest BCUT2D eigenvalue weighted by Crippen LogP contribution is -2.40. The normalized spacial score (nSPS) is 23.2. The van der Waals surface area contributed by atoms with E-state index in [1.165, 1.54) is 0 Å². The first kappa shape index (κ1) is 13.0. The number of nitrogens with zero attached hydrogens (tertiary/aromatic N) is 3. The average molecular weight is 253 g/mol. The number of rotatable bonds is 5. The van der Waals surface area contributed by atoms with Gasteiger partial charge in [-0.1, -0.05) is 5.21 Å². The summed E-state index contributed by atoms with van der Waals surface area (Å²) in [5.41, 5.74) is 5.73. The minimum atomic E-state index is -0.202. The monoisotopic (exact) mass is 253 g/mol. The Balaban J connectivity index is 1.94. The summed E-state index contributed by atoms with van der Waals surface area (Å²) in [4.78, 5) is 12.0. The molecule has 1 aromatic heterocycles. The van der Waals surface area contributed by atoms with Gasteiger partial charge in [-0.3, -0.25) is 9.48 Å². The topological polar surface area (TPSA) is 95.1 Å². The molecule has 0 radical (unpaired) electrons. The van der Waals surface area contributed by atoms with Gasteiger partial charge in [-0.25, -0.2) is 0 Å². The molecule has 1 aliphatic rings. The van der Waals surface area contributed by atoms with E-state index in [0.717, 1.165) is 19.3 Å². The molecule has 1 amide bonds. The lowest BCUT2D eigenvalue weighted by molar-refractivity contribution is 0.0719. The number of amides is 1. The van der Waals surface area contributed by atoms with E-state index in [4.69, 9.17) is 10.5 Å². The predicted molar refractivity (Wildman–Crippen MR) is 65.0 cm³/mol. The van der Waals surface area contributed by atoms with Crippen LogP contribution in [0, 0.1) is 0 Å². The van der Waals surface area contributed by atoms with E-state index in [0.29, 0.717) is 18.8 Å². The fourth-order valence-electron chi connectivity index (χ4n) is 2.26. The smallest absolute Gasteiger partial charge is 0.273 e. The Morgan fingerprint density at radius 1 is 1.67 bits per heavy atom. The molecular formula is C11H19N5O2. The molecule has 0 aromatic carbocycles. The van der Waals surface area contributed by atoms with Gasteiger partial charge in [0.2, 0.25) is 0 Å². The van der Waals surface area contributed by atoms with E-state index < -0.39 is 0 Å². The van der Waals surface area contributed by atoms with Gasteiger partial charge in [-0.15, -0.1) is 5.10 Å². The number of nitrogens with two attached hydrogens (primary N) is 1. The summed E-state index contributed by atoms with van der Waals surface area (Å²) in [7, 11) is 1.67. The molecule has 1 heterocycles. The molecule has 7 nitrogen and oxygen atoms in total. The molecular weight excluding hydrogens is 234 g/mol. The van der Waals surface area contributed by atoms with Crippen molar-refractivity contribution in [3.63, 3.8) is 0 Å². The van der Waals surface area contributed by atoms with Gasteiger partial charge >= 0.3 is 0 Å². The maximum Gasteiger partial charge on any atom is 0.273 e. The number of carbonyl (C=O) groups is 1. The van der Waals surface area contributed by atoms with Gasteiger partial charge in [0.1, 0.15) is 0 Å². The number of hydrogen-bond donors (Lipinski definition) is 2. The summed E-state index contributed by atoms with van der Waals surface area (Å²) in [5.74, 6) is -0.202. The summed E-state index contributed by atoms with van der Waals surface area (Å²) in [6, 6.07) is 0.0714. The van der Waals surface area contributed by atoms with Crippen molar-refractivity contribution in [3.8, 4) is 0 Å². The van der Waals surface area contributed by atoms with Crippen molar-refractivity contribution in [1.29, 1.82) is 0 Å². The van der Waals surface area contributed by atoms with Crippen molar-refractivity contribution in [2.24, 2.45) is 5.73 Å². The maximum atomic E-state index is 12.0. The van der Waals surface area contributed by atoms with Gasteiger partial charge in [-0.05, 0) is 19.3 Å². The highest BCUT2D eigenvalue weighted by Crippen LogP contribution is 2.21. The van der Waals surface area contributed by atoms with Gasteiger partial charge in [0.15, 0.2) is 5.69 Å². The summed E-state index contributed by atoms with van der Waals surface area (Å²) >= 11 is 0. The van der Waals surface area contributed by atoms with E-state index >= 15 is 0 Å². The molecule has 0 aliphatic heterocycles. The van der Waals surface area contributed by atoms with Crippen molar-refractivity contribution in [2.45, 2.75) is 38.0 Å². The van der Waals surface area contributed by atoms with Crippen LogP contribution in [0.5, 0.6) is 0 Å². The number of ether oxygens (including phenoxy) is 1. The highest BCUT2D eigenvalue weighted by atomic mass is 16.5. The van der Waals surface area contributed by atoms with Crippen LogP contribution in [0.3, 0.4) is 0 Å². The Morgan fingerprint density at radius 2 is 2.50 bits per heavy atom. The molecule has 2 atom stereocenters. The SMILES string of the molecule is COC1CCCC1NC(=O)c1cn(CCN)nn1. The van der Waals surface area contributed by atoms with Gasteiger partial charge in [0, 0.05) is 13.7 Å². The first-order chi connectivity index (χ1) is 8.74. The molecule has 0 saturated heterocycles. The molecule has 1 aliphatic carbocycles. The molecule has 18 heavy (non-hydrogen) atoms. The second-order valence-electron chi connectivity index (χ2n) is 4.44. The second-order valence-corrected chi connectivity index (χ2v) is 4.44. The molecule has 1 fully saturated rings. The van der Waals surface area contributed by atoms with Crippen LogP contribution >= 0.6 is 0 Å². The molecule has 1 aromatic rings. The van der Waals surface area contributed by atoms with Crippen molar-refractivity contribution < 1.29 is 9.53 Å². The predicted octanol–water partition coefficient (Wildman–Crippen LogP) is -0.466. The van der Waals surface area contributed by atoms with Crippen molar-refractivity contribution in [1.82, 2.24) is 20.3 Å². The van der Waals surface area contributed by atoms with E-state index in [-0.39, 0.29) is 18.1 Å². The number of nitrogens with one attached hydrogen (secondary N) is 1. The first-order valence-corrected chi connectivity index (χ1v) is 6.18. The van der Waals surface area contributed by atoms with Crippen LogP contribution < -0.4 is 11.1 Å². The maximum absolute atomic E-state index is 12.0. The highest BCUT2D eigenvalue weighted by Gasteiger charge is 2.29. The van der Waals surface area contributed by atoms with Crippen molar-refractivity contribution in [3.05, 3.63) is 11.9 Å². The molecule has 0 spiro atoms. The molecule has 0 bridgehead atoms. The number of aromatic nitrogens is 3.